The molecular formula is C30H33N7O2. The molecule has 5 heterocycles. The topological polar surface area (TPSA) is 104 Å². The van der Waals surface area contributed by atoms with Crippen molar-refractivity contribution in [1.82, 2.24) is 20.1 Å². The number of nitrogen functional groups attached to an aromatic ring is 1. The zero-order chi connectivity index (χ0) is 26.4. The zero-order valence-electron chi connectivity index (χ0n) is 22.0. The van der Waals surface area contributed by atoms with Crippen molar-refractivity contribution >= 4 is 17.2 Å². The first kappa shape index (κ1) is 24.2. The normalized spacial score (nSPS) is 23.5. The highest BCUT2D eigenvalue weighted by Gasteiger charge is 2.49. The van der Waals surface area contributed by atoms with Crippen molar-refractivity contribution in [2.45, 2.75) is 43.3 Å². The van der Waals surface area contributed by atoms with Gasteiger partial charge in [0.15, 0.2) is 5.82 Å². The molecule has 2 unspecified atom stereocenters. The molecule has 9 heteroatoms. The average Bonchev–Trinajstić information content (AvgIpc) is 3.67. The summed E-state index contributed by atoms with van der Waals surface area (Å²) in [5, 5.41) is 18.8. The molecule has 2 aromatic heterocycles. The van der Waals surface area contributed by atoms with E-state index in [-0.39, 0.29) is 11.3 Å². The maximum Gasteiger partial charge on any atom is 0.169 e. The van der Waals surface area contributed by atoms with Crippen LogP contribution in [0, 0.1) is 11.8 Å². The summed E-state index contributed by atoms with van der Waals surface area (Å²) in [6, 6.07) is 14.1. The van der Waals surface area contributed by atoms with Crippen molar-refractivity contribution < 1.29 is 9.84 Å². The minimum absolute atomic E-state index is 0.181. The van der Waals surface area contributed by atoms with Gasteiger partial charge in [0, 0.05) is 54.7 Å². The van der Waals surface area contributed by atoms with E-state index >= 15 is 0 Å². The number of pyridine rings is 1. The molecule has 2 bridgehead atoms. The number of phenolic OH excluding ortho intramolecular Hbond substituents is 1. The van der Waals surface area contributed by atoms with Gasteiger partial charge in [0.2, 0.25) is 0 Å². The summed E-state index contributed by atoms with van der Waals surface area (Å²) in [5.74, 6) is 7.30. The second-order valence-corrected chi connectivity index (χ2v) is 11.1. The molecule has 3 saturated heterocycles. The molecule has 3 aromatic rings. The van der Waals surface area contributed by atoms with E-state index < -0.39 is 0 Å². The van der Waals surface area contributed by atoms with E-state index in [1.807, 2.05) is 24.4 Å². The van der Waals surface area contributed by atoms with Crippen LogP contribution < -0.4 is 15.5 Å². The summed E-state index contributed by atoms with van der Waals surface area (Å²) < 4.78 is 5.69. The number of benzene rings is 1. The van der Waals surface area contributed by atoms with Crippen molar-refractivity contribution in [2.75, 3.05) is 54.9 Å². The number of aromatic hydroxyl groups is 1. The van der Waals surface area contributed by atoms with E-state index in [1.54, 1.807) is 12.1 Å². The molecule has 1 spiro atoms. The number of ether oxygens (including phenoxy) is 1. The Balaban J connectivity index is 1.07. The van der Waals surface area contributed by atoms with Gasteiger partial charge in [-0.3, -0.25) is 4.90 Å². The molecule has 3 N–H and O–H groups in total. The lowest BCUT2D eigenvalue weighted by molar-refractivity contribution is -0.0132. The van der Waals surface area contributed by atoms with Gasteiger partial charge in [-0.1, -0.05) is 18.1 Å². The molecular weight excluding hydrogens is 490 g/mol. The molecule has 1 aromatic carbocycles. The highest BCUT2D eigenvalue weighted by molar-refractivity contribution is 5.74. The number of hydrogen-bond donors (Lipinski definition) is 2. The van der Waals surface area contributed by atoms with Crippen LogP contribution in [-0.2, 0) is 4.74 Å². The number of anilines is 3. The summed E-state index contributed by atoms with van der Waals surface area (Å²) in [5.41, 5.74) is 10.7. The second kappa shape index (κ2) is 9.70. The molecule has 0 radical (unpaired) electrons. The number of para-hydroxylation sites is 1. The Morgan fingerprint density at radius 1 is 1.08 bits per heavy atom. The monoisotopic (exact) mass is 523 g/mol. The van der Waals surface area contributed by atoms with Crippen LogP contribution in [0.4, 0.5) is 17.2 Å². The maximum absolute atomic E-state index is 10.3. The molecule has 0 amide bonds. The van der Waals surface area contributed by atoms with E-state index in [0.717, 1.165) is 63.6 Å². The fourth-order valence-corrected chi connectivity index (χ4v) is 6.48. The van der Waals surface area contributed by atoms with Crippen LogP contribution in [0.2, 0.25) is 0 Å². The number of phenols is 1. The SMILES string of the molecule is Nc1nnc(-c2ccccc2O)cc1N1CC2CCC(C1)N2c1ccnc(C#CCN2CCOCC23CC3)c1. The van der Waals surface area contributed by atoms with Gasteiger partial charge in [0.1, 0.15) is 11.4 Å². The number of rotatable bonds is 4. The summed E-state index contributed by atoms with van der Waals surface area (Å²) >= 11 is 0. The molecule has 1 aliphatic carbocycles. The first-order chi connectivity index (χ1) is 19.1. The number of piperazine rings is 1. The van der Waals surface area contributed by atoms with Gasteiger partial charge in [-0.2, -0.15) is 0 Å². The summed E-state index contributed by atoms with van der Waals surface area (Å²) in [6.07, 6.45) is 6.55. The van der Waals surface area contributed by atoms with Gasteiger partial charge in [0.25, 0.3) is 0 Å². The largest absolute Gasteiger partial charge is 0.507 e. The molecule has 200 valence electrons. The average molecular weight is 524 g/mol. The third kappa shape index (κ3) is 4.54. The van der Waals surface area contributed by atoms with Gasteiger partial charge in [-0.15, -0.1) is 10.2 Å². The summed E-state index contributed by atoms with van der Waals surface area (Å²) in [7, 11) is 0. The Labute approximate surface area is 228 Å². The Bertz CT molecular complexity index is 1430. The number of nitrogens with zero attached hydrogens (tertiary/aromatic N) is 6. The first-order valence-corrected chi connectivity index (χ1v) is 13.8. The highest BCUT2D eigenvalue weighted by Crippen LogP contribution is 2.43. The standard InChI is InChI=1S/C30H33N7O2/c31-29-27(17-26(33-34-29)25-5-1-2-6-28(25)38)35-18-23-7-8-24(19-35)37(23)22-9-12-32-21(16-22)4-3-13-36-14-15-39-20-30(36)10-11-30/h1-2,5-6,9,12,16-17,23-24,38H,7-8,10-11,13-15,18-20H2,(H2,31,34). The molecule has 7 rings (SSSR count). The predicted octanol–water partition coefficient (Wildman–Crippen LogP) is 2.90. The zero-order valence-corrected chi connectivity index (χ0v) is 22.0. The van der Waals surface area contributed by atoms with Gasteiger partial charge in [0.05, 0.1) is 31.1 Å². The van der Waals surface area contributed by atoms with E-state index in [0.29, 0.717) is 29.2 Å². The molecule has 2 atom stereocenters. The van der Waals surface area contributed by atoms with Crippen LogP contribution in [0.5, 0.6) is 5.75 Å². The van der Waals surface area contributed by atoms with E-state index in [9.17, 15) is 5.11 Å². The van der Waals surface area contributed by atoms with Crippen molar-refractivity contribution in [2.24, 2.45) is 0 Å². The summed E-state index contributed by atoms with van der Waals surface area (Å²) in [6.45, 7) is 5.05. The van der Waals surface area contributed by atoms with Crippen LogP contribution >= 0.6 is 0 Å². The highest BCUT2D eigenvalue weighted by atomic mass is 16.5. The van der Waals surface area contributed by atoms with Crippen LogP contribution in [0.15, 0.2) is 48.7 Å². The van der Waals surface area contributed by atoms with Gasteiger partial charge >= 0.3 is 0 Å². The number of morpholine rings is 1. The Morgan fingerprint density at radius 3 is 2.69 bits per heavy atom. The van der Waals surface area contributed by atoms with Crippen LogP contribution in [0.25, 0.3) is 11.3 Å². The second-order valence-electron chi connectivity index (χ2n) is 11.1. The molecule has 39 heavy (non-hydrogen) atoms. The number of nitrogens with two attached hydrogens (primary N) is 1. The van der Waals surface area contributed by atoms with Crippen molar-refractivity contribution in [3.05, 3.63) is 54.4 Å². The maximum atomic E-state index is 10.3. The third-order valence-electron chi connectivity index (χ3n) is 8.71. The molecule has 4 fully saturated rings. The Morgan fingerprint density at radius 2 is 1.90 bits per heavy atom. The molecule has 3 aliphatic heterocycles. The van der Waals surface area contributed by atoms with Crippen molar-refractivity contribution in [3.8, 4) is 28.8 Å². The van der Waals surface area contributed by atoms with Crippen LogP contribution in [0.1, 0.15) is 31.4 Å². The first-order valence-electron chi connectivity index (χ1n) is 13.8. The van der Waals surface area contributed by atoms with Crippen molar-refractivity contribution in [3.63, 3.8) is 0 Å². The summed E-state index contributed by atoms with van der Waals surface area (Å²) in [4.78, 5) is 11.9. The molecule has 1 saturated carbocycles. The fourth-order valence-electron chi connectivity index (χ4n) is 6.48. The number of fused-ring (bicyclic) bond motifs is 2. The lowest BCUT2D eigenvalue weighted by atomic mass is 10.1. The van der Waals surface area contributed by atoms with Gasteiger partial charge in [-0.25, -0.2) is 4.98 Å². The predicted molar refractivity (Wildman–Crippen MR) is 151 cm³/mol. The minimum Gasteiger partial charge on any atom is -0.507 e. The third-order valence-corrected chi connectivity index (χ3v) is 8.71. The van der Waals surface area contributed by atoms with E-state index in [1.165, 1.54) is 18.5 Å². The number of hydrogen-bond acceptors (Lipinski definition) is 9. The van der Waals surface area contributed by atoms with E-state index in [2.05, 4.69) is 53.9 Å². The van der Waals surface area contributed by atoms with Crippen LogP contribution in [-0.4, -0.2) is 82.2 Å². The van der Waals surface area contributed by atoms with Gasteiger partial charge < -0.3 is 25.4 Å². The molecule has 4 aliphatic rings. The minimum atomic E-state index is 0.181. The fraction of sp³-hybridized carbons (Fsp3) is 0.433. The van der Waals surface area contributed by atoms with Crippen LogP contribution in [0.3, 0.4) is 0 Å². The number of aromatic nitrogens is 3. The Kier molecular flexibility index (Phi) is 6.02. The smallest absolute Gasteiger partial charge is 0.169 e. The lowest BCUT2D eigenvalue weighted by Gasteiger charge is -2.43. The quantitative estimate of drug-likeness (QED) is 0.500. The Hall–Kier alpha value is -3.87. The van der Waals surface area contributed by atoms with Crippen molar-refractivity contribution in [1.29, 1.82) is 0 Å². The van der Waals surface area contributed by atoms with E-state index in [4.69, 9.17) is 10.5 Å². The lowest BCUT2D eigenvalue weighted by Crippen LogP contribution is -2.54. The molecule has 9 nitrogen and oxygen atoms in total. The van der Waals surface area contributed by atoms with Gasteiger partial charge in [-0.05, 0) is 61.9 Å².